The fourth-order valence-electron chi connectivity index (χ4n) is 2.10. The van der Waals surface area contributed by atoms with Crippen LogP contribution in [0.3, 0.4) is 0 Å². The summed E-state index contributed by atoms with van der Waals surface area (Å²) in [5.74, 6) is 1.05. The van der Waals surface area contributed by atoms with Crippen LogP contribution in [0.1, 0.15) is 30.4 Å². The molecule has 0 spiro atoms. The van der Waals surface area contributed by atoms with Crippen molar-refractivity contribution in [3.63, 3.8) is 0 Å². The standard InChI is InChI=1S/C14H19BrO/c1-11-5-3-6-13(12(11)2)16-10-14(9-15)7-4-8-14/h3,5-6H,4,7-10H2,1-2H3. The summed E-state index contributed by atoms with van der Waals surface area (Å²) in [5.41, 5.74) is 2.97. The van der Waals surface area contributed by atoms with Crippen LogP contribution in [0.2, 0.25) is 0 Å². The van der Waals surface area contributed by atoms with Gasteiger partial charge in [0, 0.05) is 10.7 Å². The molecule has 0 N–H and O–H groups in total. The number of rotatable bonds is 4. The Kier molecular flexibility index (Phi) is 3.58. The lowest BCUT2D eigenvalue weighted by molar-refractivity contribution is 0.0834. The molecule has 0 heterocycles. The molecule has 0 amide bonds. The van der Waals surface area contributed by atoms with Gasteiger partial charge in [-0.25, -0.2) is 0 Å². The second-order valence-corrected chi connectivity index (χ2v) is 5.53. The van der Waals surface area contributed by atoms with Gasteiger partial charge >= 0.3 is 0 Å². The minimum absolute atomic E-state index is 0.399. The maximum Gasteiger partial charge on any atom is 0.122 e. The fourth-order valence-corrected chi connectivity index (χ4v) is 2.83. The summed E-state index contributed by atoms with van der Waals surface area (Å²) in [5, 5.41) is 1.06. The van der Waals surface area contributed by atoms with Crippen molar-refractivity contribution in [3.8, 4) is 5.75 Å². The first-order valence-electron chi connectivity index (χ1n) is 5.92. The third kappa shape index (κ3) is 2.27. The fraction of sp³-hybridized carbons (Fsp3) is 0.571. The van der Waals surface area contributed by atoms with Crippen LogP contribution < -0.4 is 4.74 Å². The molecule has 1 nitrogen and oxygen atoms in total. The van der Waals surface area contributed by atoms with E-state index in [0.717, 1.165) is 17.7 Å². The Labute approximate surface area is 106 Å². The van der Waals surface area contributed by atoms with Gasteiger partial charge in [0.2, 0.25) is 0 Å². The van der Waals surface area contributed by atoms with Crippen LogP contribution in [0.4, 0.5) is 0 Å². The summed E-state index contributed by atoms with van der Waals surface area (Å²) in [6.07, 6.45) is 3.94. The Morgan fingerprint density at radius 1 is 1.31 bits per heavy atom. The molecule has 2 rings (SSSR count). The van der Waals surface area contributed by atoms with E-state index in [-0.39, 0.29) is 0 Å². The van der Waals surface area contributed by atoms with Crippen molar-refractivity contribution in [1.82, 2.24) is 0 Å². The number of hydrogen-bond donors (Lipinski definition) is 0. The second kappa shape index (κ2) is 4.79. The van der Waals surface area contributed by atoms with Gasteiger partial charge in [-0.3, -0.25) is 0 Å². The van der Waals surface area contributed by atoms with Crippen LogP contribution in [0.15, 0.2) is 18.2 Å². The molecule has 1 aromatic carbocycles. The maximum absolute atomic E-state index is 5.99. The topological polar surface area (TPSA) is 9.23 Å². The van der Waals surface area contributed by atoms with Crippen LogP contribution in [-0.2, 0) is 0 Å². The lowest BCUT2D eigenvalue weighted by atomic mass is 9.71. The Hall–Kier alpha value is -0.500. The van der Waals surface area contributed by atoms with E-state index in [1.165, 1.54) is 30.4 Å². The van der Waals surface area contributed by atoms with Crippen molar-refractivity contribution in [3.05, 3.63) is 29.3 Å². The normalized spacial score (nSPS) is 17.9. The number of ether oxygens (including phenoxy) is 1. The molecule has 1 aromatic rings. The summed E-state index contributed by atoms with van der Waals surface area (Å²) >= 11 is 3.61. The van der Waals surface area contributed by atoms with E-state index in [0.29, 0.717) is 5.41 Å². The van der Waals surface area contributed by atoms with E-state index in [1.807, 2.05) is 0 Å². The molecule has 1 saturated carbocycles. The molecular formula is C14H19BrO. The van der Waals surface area contributed by atoms with Crippen molar-refractivity contribution in [2.24, 2.45) is 5.41 Å². The Morgan fingerprint density at radius 2 is 2.06 bits per heavy atom. The minimum Gasteiger partial charge on any atom is -0.493 e. The van der Waals surface area contributed by atoms with Crippen LogP contribution in [0.5, 0.6) is 5.75 Å². The smallest absolute Gasteiger partial charge is 0.122 e. The summed E-state index contributed by atoms with van der Waals surface area (Å²) in [4.78, 5) is 0. The molecule has 0 radical (unpaired) electrons. The van der Waals surface area contributed by atoms with Crippen molar-refractivity contribution >= 4 is 15.9 Å². The Balaban J connectivity index is 2.02. The van der Waals surface area contributed by atoms with Gasteiger partial charge in [-0.1, -0.05) is 34.5 Å². The molecule has 0 bridgehead atoms. The lowest BCUT2D eigenvalue weighted by Crippen LogP contribution is -2.37. The highest BCUT2D eigenvalue weighted by molar-refractivity contribution is 9.09. The van der Waals surface area contributed by atoms with Crippen LogP contribution in [0, 0.1) is 19.3 Å². The number of alkyl halides is 1. The van der Waals surface area contributed by atoms with E-state index >= 15 is 0 Å². The van der Waals surface area contributed by atoms with Crippen molar-refractivity contribution < 1.29 is 4.74 Å². The number of aryl methyl sites for hydroxylation is 1. The predicted octanol–water partition coefficient (Wildman–Crippen LogP) is 4.25. The number of benzene rings is 1. The zero-order chi connectivity index (χ0) is 11.6. The largest absolute Gasteiger partial charge is 0.493 e. The van der Waals surface area contributed by atoms with Gasteiger partial charge in [-0.2, -0.15) is 0 Å². The summed E-state index contributed by atoms with van der Waals surface area (Å²) < 4.78 is 5.99. The highest BCUT2D eigenvalue weighted by atomic mass is 79.9. The van der Waals surface area contributed by atoms with Gasteiger partial charge in [0.15, 0.2) is 0 Å². The van der Waals surface area contributed by atoms with Gasteiger partial charge in [-0.15, -0.1) is 0 Å². The molecule has 2 heteroatoms. The molecular weight excluding hydrogens is 264 g/mol. The highest BCUT2D eigenvalue weighted by Crippen LogP contribution is 2.42. The van der Waals surface area contributed by atoms with Crippen LogP contribution in [0.25, 0.3) is 0 Å². The predicted molar refractivity (Wildman–Crippen MR) is 71.5 cm³/mol. The second-order valence-electron chi connectivity index (χ2n) is 4.97. The molecule has 1 fully saturated rings. The average molecular weight is 283 g/mol. The summed E-state index contributed by atoms with van der Waals surface area (Å²) in [6, 6.07) is 6.27. The Morgan fingerprint density at radius 3 is 2.62 bits per heavy atom. The van der Waals surface area contributed by atoms with E-state index in [2.05, 4.69) is 48.0 Å². The first-order valence-corrected chi connectivity index (χ1v) is 7.04. The molecule has 1 aliphatic rings. The van der Waals surface area contributed by atoms with Gasteiger partial charge in [0.05, 0.1) is 6.61 Å². The SMILES string of the molecule is Cc1cccc(OCC2(CBr)CCC2)c1C. The molecule has 0 aliphatic heterocycles. The molecule has 1 aliphatic carbocycles. The van der Waals surface area contributed by atoms with Crippen molar-refractivity contribution in [2.45, 2.75) is 33.1 Å². The maximum atomic E-state index is 5.99. The molecule has 16 heavy (non-hydrogen) atoms. The van der Waals surface area contributed by atoms with Crippen LogP contribution >= 0.6 is 15.9 Å². The van der Waals surface area contributed by atoms with Gasteiger partial charge in [0.25, 0.3) is 0 Å². The van der Waals surface area contributed by atoms with Crippen molar-refractivity contribution in [1.29, 1.82) is 0 Å². The number of halogens is 1. The number of hydrogen-bond acceptors (Lipinski definition) is 1. The molecule has 0 unspecified atom stereocenters. The average Bonchev–Trinajstić information content (AvgIpc) is 2.23. The third-order valence-electron chi connectivity index (χ3n) is 3.79. The molecule has 0 saturated heterocycles. The third-order valence-corrected chi connectivity index (χ3v) is 4.98. The first-order chi connectivity index (χ1) is 7.67. The summed E-state index contributed by atoms with van der Waals surface area (Å²) in [6.45, 7) is 5.11. The Bertz CT molecular complexity index is 363. The van der Waals surface area contributed by atoms with E-state index in [1.54, 1.807) is 0 Å². The minimum atomic E-state index is 0.399. The lowest BCUT2D eigenvalue weighted by Gasteiger charge is -2.40. The summed E-state index contributed by atoms with van der Waals surface area (Å²) in [7, 11) is 0. The molecule has 0 atom stereocenters. The quantitative estimate of drug-likeness (QED) is 0.751. The zero-order valence-corrected chi connectivity index (χ0v) is 11.6. The van der Waals surface area contributed by atoms with Crippen LogP contribution in [-0.4, -0.2) is 11.9 Å². The molecule has 0 aromatic heterocycles. The zero-order valence-electron chi connectivity index (χ0n) is 10.1. The monoisotopic (exact) mass is 282 g/mol. The van der Waals surface area contributed by atoms with E-state index in [9.17, 15) is 0 Å². The van der Waals surface area contributed by atoms with E-state index < -0.39 is 0 Å². The van der Waals surface area contributed by atoms with Crippen molar-refractivity contribution in [2.75, 3.05) is 11.9 Å². The van der Waals surface area contributed by atoms with Gasteiger partial charge in [0.1, 0.15) is 5.75 Å². The molecule has 88 valence electrons. The van der Waals surface area contributed by atoms with Gasteiger partial charge < -0.3 is 4.74 Å². The first kappa shape index (κ1) is 12.0. The van der Waals surface area contributed by atoms with E-state index in [4.69, 9.17) is 4.74 Å². The highest BCUT2D eigenvalue weighted by Gasteiger charge is 2.36. The van der Waals surface area contributed by atoms with Gasteiger partial charge in [-0.05, 0) is 43.9 Å².